The smallest absolute Gasteiger partial charge is 0.162 e. The second-order valence-corrected chi connectivity index (χ2v) is 4.56. The number of anilines is 1. The third-order valence-electron chi connectivity index (χ3n) is 3.09. The maximum Gasteiger partial charge on any atom is 0.162 e. The number of fused-ring (bicyclic) bond motifs is 1. The maximum atomic E-state index is 5.41. The molecule has 0 aliphatic heterocycles. The van der Waals surface area contributed by atoms with Crippen LogP contribution in [-0.4, -0.2) is 24.2 Å². The Kier molecular flexibility index (Phi) is 5.37. The van der Waals surface area contributed by atoms with Crippen molar-refractivity contribution >= 4 is 16.6 Å². The Hall–Kier alpha value is -3.26. The first kappa shape index (κ1) is 16.1. The highest BCUT2D eigenvalue weighted by atomic mass is 16.5. The lowest BCUT2D eigenvalue weighted by Gasteiger charge is -2.07. The third kappa shape index (κ3) is 4.11. The number of methoxy groups -OCH3 is 2. The van der Waals surface area contributed by atoms with Crippen molar-refractivity contribution in [3.8, 4) is 23.8 Å². The third-order valence-corrected chi connectivity index (χ3v) is 3.09. The van der Waals surface area contributed by atoms with Gasteiger partial charge in [-0.25, -0.2) is 9.97 Å². The molecule has 0 unspecified atom stereocenters. The Morgan fingerprint density at radius 3 is 2.30 bits per heavy atom. The number of hydrogen-bond acceptors (Lipinski definition) is 5. The van der Waals surface area contributed by atoms with Gasteiger partial charge < -0.3 is 15.2 Å². The first-order valence-electron chi connectivity index (χ1n) is 6.82. The number of ether oxygens (including phenoxy) is 2. The summed E-state index contributed by atoms with van der Waals surface area (Å²) in [4.78, 5) is 8.05. The second-order valence-electron chi connectivity index (χ2n) is 4.56. The van der Waals surface area contributed by atoms with Crippen LogP contribution in [-0.2, 0) is 0 Å². The minimum atomic E-state index is 0.679. The average Bonchev–Trinajstić information content (AvgIpc) is 2.61. The quantitative estimate of drug-likeness (QED) is 0.582. The van der Waals surface area contributed by atoms with Crippen molar-refractivity contribution in [2.45, 2.75) is 0 Å². The fraction of sp³-hybridized carbons (Fsp3) is 0.111. The van der Waals surface area contributed by atoms with Crippen molar-refractivity contribution in [3.05, 3.63) is 54.5 Å². The number of aromatic nitrogens is 2. The summed E-state index contributed by atoms with van der Waals surface area (Å²) in [5.74, 6) is 3.87. The fourth-order valence-electron chi connectivity index (χ4n) is 1.89. The molecular formula is C18H17N3O2. The number of benzene rings is 2. The van der Waals surface area contributed by atoms with Crippen LogP contribution in [0.1, 0.15) is 5.56 Å². The van der Waals surface area contributed by atoms with Gasteiger partial charge in [-0.2, -0.15) is 0 Å². The van der Waals surface area contributed by atoms with Crippen LogP contribution in [0.15, 0.2) is 48.9 Å². The number of nitrogens with zero attached hydrogens (tertiary/aromatic N) is 2. The van der Waals surface area contributed by atoms with Crippen molar-refractivity contribution in [1.82, 2.24) is 9.97 Å². The van der Waals surface area contributed by atoms with Gasteiger partial charge >= 0.3 is 0 Å². The fourth-order valence-corrected chi connectivity index (χ4v) is 1.89. The molecule has 23 heavy (non-hydrogen) atoms. The molecule has 2 N–H and O–H groups in total. The lowest BCUT2D eigenvalue weighted by molar-refractivity contribution is 0.356. The summed E-state index contributed by atoms with van der Waals surface area (Å²) in [5, 5.41) is 0.935. The van der Waals surface area contributed by atoms with Crippen LogP contribution in [0.4, 0.5) is 5.69 Å². The number of nitrogens with two attached hydrogens (primary N) is 1. The van der Waals surface area contributed by atoms with Gasteiger partial charge in [0.15, 0.2) is 11.5 Å². The summed E-state index contributed by atoms with van der Waals surface area (Å²) < 4.78 is 10.3. The number of nitrogen functional groups attached to an aromatic ring is 1. The zero-order valence-electron chi connectivity index (χ0n) is 13.0. The van der Waals surface area contributed by atoms with Gasteiger partial charge in [-0.3, -0.25) is 0 Å². The van der Waals surface area contributed by atoms with Crippen LogP contribution in [0.3, 0.4) is 0 Å². The SMILES string of the molecule is C#Cc1ccc(N)cc1.COc1cc2cncnc2cc1OC. The molecule has 3 rings (SSSR count). The van der Waals surface area contributed by atoms with E-state index in [0.29, 0.717) is 11.5 Å². The van der Waals surface area contributed by atoms with E-state index in [2.05, 4.69) is 15.9 Å². The summed E-state index contributed by atoms with van der Waals surface area (Å²) in [7, 11) is 3.21. The minimum Gasteiger partial charge on any atom is -0.493 e. The van der Waals surface area contributed by atoms with Crippen LogP contribution in [0.2, 0.25) is 0 Å². The molecule has 5 heteroatoms. The molecule has 0 saturated heterocycles. The normalized spacial score (nSPS) is 9.43. The molecular weight excluding hydrogens is 290 g/mol. The van der Waals surface area contributed by atoms with Crippen LogP contribution < -0.4 is 15.2 Å². The Morgan fingerprint density at radius 1 is 1.04 bits per heavy atom. The first-order chi connectivity index (χ1) is 11.2. The molecule has 116 valence electrons. The second kappa shape index (κ2) is 7.66. The van der Waals surface area contributed by atoms with E-state index in [-0.39, 0.29) is 0 Å². The molecule has 0 saturated carbocycles. The molecule has 0 aliphatic rings. The largest absolute Gasteiger partial charge is 0.493 e. The highest BCUT2D eigenvalue weighted by Crippen LogP contribution is 2.30. The molecule has 0 spiro atoms. The summed E-state index contributed by atoms with van der Waals surface area (Å²) in [6.07, 6.45) is 8.36. The van der Waals surface area contributed by atoms with Crippen molar-refractivity contribution in [2.75, 3.05) is 20.0 Å². The van der Waals surface area contributed by atoms with E-state index in [1.54, 1.807) is 32.5 Å². The van der Waals surface area contributed by atoms with Crippen molar-refractivity contribution in [3.63, 3.8) is 0 Å². The highest BCUT2D eigenvalue weighted by molar-refractivity contribution is 5.81. The van der Waals surface area contributed by atoms with Crippen molar-refractivity contribution in [2.24, 2.45) is 0 Å². The lowest BCUT2D eigenvalue weighted by Crippen LogP contribution is -1.91. The van der Waals surface area contributed by atoms with Crippen LogP contribution in [0, 0.1) is 12.3 Å². The molecule has 0 aliphatic carbocycles. The minimum absolute atomic E-state index is 0.679. The van der Waals surface area contributed by atoms with Crippen LogP contribution in [0.25, 0.3) is 10.9 Å². The van der Waals surface area contributed by atoms with Gasteiger partial charge in [-0.15, -0.1) is 6.42 Å². The Labute approximate surface area is 135 Å². The molecule has 0 radical (unpaired) electrons. The van der Waals surface area contributed by atoms with E-state index in [1.165, 1.54) is 6.33 Å². The van der Waals surface area contributed by atoms with E-state index in [4.69, 9.17) is 21.6 Å². The van der Waals surface area contributed by atoms with E-state index >= 15 is 0 Å². The number of rotatable bonds is 2. The molecule has 0 bridgehead atoms. The Morgan fingerprint density at radius 2 is 1.70 bits per heavy atom. The van der Waals surface area contributed by atoms with E-state index in [9.17, 15) is 0 Å². The van der Waals surface area contributed by atoms with Gasteiger partial charge in [0.05, 0.1) is 19.7 Å². The van der Waals surface area contributed by atoms with Gasteiger partial charge in [0.25, 0.3) is 0 Å². The monoisotopic (exact) mass is 307 g/mol. The molecule has 0 amide bonds. The van der Waals surface area contributed by atoms with Gasteiger partial charge in [0.1, 0.15) is 6.33 Å². The maximum absolute atomic E-state index is 5.41. The van der Waals surface area contributed by atoms with Crippen molar-refractivity contribution < 1.29 is 9.47 Å². The predicted octanol–water partition coefficient (Wildman–Crippen LogP) is 2.90. The number of terminal acetylenes is 1. The van der Waals surface area contributed by atoms with Gasteiger partial charge in [0, 0.05) is 28.9 Å². The van der Waals surface area contributed by atoms with Crippen LogP contribution >= 0.6 is 0 Å². The zero-order valence-corrected chi connectivity index (χ0v) is 13.0. The summed E-state index contributed by atoms with van der Waals surface area (Å²) in [6, 6.07) is 10.9. The Bertz CT molecular complexity index is 781. The van der Waals surface area contributed by atoms with Crippen LogP contribution in [0.5, 0.6) is 11.5 Å². The molecule has 1 heterocycles. The van der Waals surface area contributed by atoms with Gasteiger partial charge in [0.2, 0.25) is 0 Å². The number of hydrogen-bond donors (Lipinski definition) is 1. The lowest BCUT2D eigenvalue weighted by atomic mass is 10.2. The molecule has 3 aromatic rings. The first-order valence-corrected chi connectivity index (χ1v) is 6.82. The van der Waals surface area contributed by atoms with E-state index < -0.39 is 0 Å². The predicted molar refractivity (Wildman–Crippen MR) is 91.4 cm³/mol. The molecule has 2 aromatic carbocycles. The summed E-state index contributed by atoms with van der Waals surface area (Å²) in [6.45, 7) is 0. The summed E-state index contributed by atoms with van der Waals surface area (Å²) in [5.41, 5.74) is 7.87. The van der Waals surface area contributed by atoms with Gasteiger partial charge in [-0.05, 0) is 30.3 Å². The summed E-state index contributed by atoms with van der Waals surface area (Å²) >= 11 is 0. The molecule has 0 atom stereocenters. The standard InChI is InChI=1S/C10H10N2O2.C8H7N/c1-13-9-3-7-5-11-6-12-8(7)4-10(9)14-2;1-2-7-3-5-8(9)6-4-7/h3-6H,1-2H3;1,3-6H,9H2. The molecule has 5 nitrogen and oxygen atoms in total. The van der Waals surface area contributed by atoms with Crippen molar-refractivity contribution in [1.29, 1.82) is 0 Å². The highest BCUT2D eigenvalue weighted by Gasteiger charge is 2.05. The molecule has 1 aromatic heterocycles. The van der Waals surface area contributed by atoms with Gasteiger partial charge in [-0.1, -0.05) is 5.92 Å². The zero-order chi connectivity index (χ0) is 16.7. The topological polar surface area (TPSA) is 70.3 Å². The van der Waals surface area contributed by atoms with E-state index in [1.807, 2.05) is 24.3 Å². The average molecular weight is 307 g/mol. The Balaban J connectivity index is 0.000000185. The van der Waals surface area contributed by atoms with E-state index in [0.717, 1.165) is 22.2 Å². The molecule has 0 fully saturated rings.